The second-order valence-electron chi connectivity index (χ2n) is 14.9. The Labute approximate surface area is 291 Å². The van der Waals surface area contributed by atoms with Gasteiger partial charge in [0.2, 0.25) is 0 Å². The molecular weight excluding hydrogens is 592 g/mol. The number of carbonyl (C=O) groups is 2. The molecule has 0 saturated heterocycles. The van der Waals surface area contributed by atoms with E-state index in [-0.39, 0.29) is 35.0 Å². The molecule has 0 heterocycles. The van der Waals surface area contributed by atoms with E-state index in [9.17, 15) is 9.59 Å². The summed E-state index contributed by atoms with van der Waals surface area (Å²) in [7, 11) is 0. The summed E-state index contributed by atoms with van der Waals surface area (Å²) in [6.07, 6.45) is 34.2. The molecule has 0 N–H and O–H groups in total. The SMILES string of the molecule is CC(=O)OC1C=C(C)C(C=CC(C)=CC=CC(C)=CC=CC=C(C)C=CC=C(C)C=CC2=C(C)CC(OC(C)=O)CC2(C)C)C(C)(C)C1. The Morgan fingerprint density at radius 1 is 0.688 bits per heavy atom. The number of hydrogen-bond donors (Lipinski definition) is 0. The summed E-state index contributed by atoms with van der Waals surface area (Å²) in [4.78, 5) is 22.9. The van der Waals surface area contributed by atoms with E-state index < -0.39 is 0 Å². The second kappa shape index (κ2) is 18.6. The van der Waals surface area contributed by atoms with Crippen LogP contribution >= 0.6 is 0 Å². The Morgan fingerprint density at radius 2 is 1.19 bits per heavy atom. The van der Waals surface area contributed by atoms with Gasteiger partial charge in [-0.1, -0.05) is 146 Å². The van der Waals surface area contributed by atoms with E-state index in [2.05, 4.69) is 160 Å². The lowest BCUT2D eigenvalue weighted by Crippen LogP contribution is -2.34. The molecule has 0 fully saturated rings. The minimum Gasteiger partial charge on any atom is -0.462 e. The van der Waals surface area contributed by atoms with Crippen molar-refractivity contribution in [1.29, 1.82) is 0 Å². The molecule has 0 amide bonds. The molecule has 260 valence electrons. The summed E-state index contributed by atoms with van der Waals surface area (Å²) < 4.78 is 11.0. The lowest BCUT2D eigenvalue weighted by atomic mass is 9.67. The highest BCUT2D eigenvalue weighted by Gasteiger charge is 2.36. The van der Waals surface area contributed by atoms with Crippen LogP contribution in [-0.4, -0.2) is 24.1 Å². The molecule has 4 nitrogen and oxygen atoms in total. The highest BCUT2D eigenvalue weighted by atomic mass is 16.5. The van der Waals surface area contributed by atoms with E-state index in [0.717, 1.165) is 19.3 Å². The van der Waals surface area contributed by atoms with Gasteiger partial charge in [0.1, 0.15) is 12.2 Å². The van der Waals surface area contributed by atoms with Crippen LogP contribution in [0.1, 0.15) is 102 Å². The van der Waals surface area contributed by atoms with Crippen molar-refractivity contribution in [2.24, 2.45) is 16.7 Å². The summed E-state index contributed by atoms with van der Waals surface area (Å²) in [6.45, 7) is 24.6. The van der Waals surface area contributed by atoms with Crippen LogP contribution in [0.25, 0.3) is 0 Å². The second-order valence-corrected chi connectivity index (χ2v) is 14.9. The van der Waals surface area contributed by atoms with Gasteiger partial charge in [0.05, 0.1) is 0 Å². The molecule has 2 rings (SSSR count). The lowest BCUT2D eigenvalue weighted by Gasteiger charge is -2.39. The van der Waals surface area contributed by atoms with Crippen molar-refractivity contribution in [3.05, 3.63) is 130 Å². The van der Waals surface area contributed by atoms with Gasteiger partial charge in [-0.05, 0) is 76.9 Å². The van der Waals surface area contributed by atoms with Gasteiger partial charge >= 0.3 is 11.9 Å². The van der Waals surface area contributed by atoms with E-state index in [4.69, 9.17) is 9.47 Å². The fraction of sp³-hybridized carbons (Fsp3) is 0.455. The smallest absolute Gasteiger partial charge is 0.303 e. The maximum Gasteiger partial charge on any atom is 0.303 e. The topological polar surface area (TPSA) is 52.6 Å². The van der Waals surface area contributed by atoms with Gasteiger partial charge in [0.25, 0.3) is 0 Å². The molecule has 2 aliphatic carbocycles. The molecule has 48 heavy (non-hydrogen) atoms. The zero-order valence-electron chi connectivity index (χ0n) is 31.6. The van der Waals surface area contributed by atoms with Gasteiger partial charge in [0, 0.05) is 26.2 Å². The molecule has 0 spiro atoms. The lowest BCUT2D eigenvalue weighted by molar-refractivity contribution is -0.148. The Bertz CT molecular complexity index is 1500. The number of carbonyl (C=O) groups excluding carboxylic acids is 2. The third kappa shape index (κ3) is 14.1. The summed E-state index contributed by atoms with van der Waals surface area (Å²) in [6, 6.07) is 0. The number of hydrogen-bond acceptors (Lipinski definition) is 4. The predicted molar refractivity (Wildman–Crippen MR) is 203 cm³/mol. The van der Waals surface area contributed by atoms with Crippen LogP contribution < -0.4 is 0 Å². The van der Waals surface area contributed by atoms with E-state index in [1.807, 2.05) is 0 Å². The van der Waals surface area contributed by atoms with Crippen LogP contribution in [0.3, 0.4) is 0 Å². The average Bonchev–Trinajstić information content (AvgIpc) is 2.93. The average molecular weight is 653 g/mol. The van der Waals surface area contributed by atoms with Gasteiger partial charge in [-0.25, -0.2) is 0 Å². The van der Waals surface area contributed by atoms with Crippen molar-refractivity contribution in [3.8, 4) is 0 Å². The maximum absolute atomic E-state index is 11.4. The van der Waals surface area contributed by atoms with Gasteiger partial charge in [-0.15, -0.1) is 0 Å². The van der Waals surface area contributed by atoms with E-state index in [0.29, 0.717) is 5.92 Å². The van der Waals surface area contributed by atoms with Crippen LogP contribution in [0.4, 0.5) is 0 Å². The highest BCUT2D eigenvalue weighted by Crippen LogP contribution is 2.43. The summed E-state index contributed by atoms with van der Waals surface area (Å²) >= 11 is 0. The first-order valence-corrected chi connectivity index (χ1v) is 17.2. The molecule has 0 aromatic heterocycles. The first-order valence-electron chi connectivity index (χ1n) is 17.2. The Balaban J connectivity index is 1.92. The van der Waals surface area contributed by atoms with Crippen molar-refractivity contribution >= 4 is 11.9 Å². The molecule has 0 aliphatic heterocycles. The fourth-order valence-corrected chi connectivity index (χ4v) is 6.69. The normalized spacial score (nSPS) is 24.4. The molecule has 0 bridgehead atoms. The van der Waals surface area contributed by atoms with Crippen molar-refractivity contribution in [3.63, 3.8) is 0 Å². The standard InChI is InChI=1S/C44H60O4/c1-31(19-15-21-33(3)23-25-41-35(5)27-39(47-37(7)45)29-43(41,9)10)17-13-14-18-32(2)20-16-22-34(4)24-26-42-36(6)28-40(48-38(8)46)30-44(42,11)12/h13-27,39-41H,28-30H2,1-12H3. The third-order valence-electron chi connectivity index (χ3n) is 8.95. The monoisotopic (exact) mass is 652 g/mol. The molecule has 0 saturated carbocycles. The molecule has 4 heteroatoms. The third-order valence-corrected chi connectivity index (χ3v) is 8.95. The largest absolute Gasteiger partial charge is 0.462 e. The maximum atomic E-state index is 11.4. The van der Waals surface area contributed by atoms with Crippen LogP contribution in [-0.2, 0) is 19.1 Å². The predicted octanol–water partition coefficient (Wildman–Crippen LogP) is 11.5. The van der Waals surface area contributed by atoms with Crippen LogP contribution in [0, 0.1) is 16.7 Å². The minimum atomic E-state index is -0.228. The zero-order valence-corrected chi connectivity index (χ0v) is 31.6. The van der Waals surface area contributed by atoms with Gasteiger partial charge in [-0.2, -0.15) is 0 Å². The van der Waals surface area contributed by atoms with Crippen molar-refractivity contribution in [1.82, 2.24) is 0 Å². The Kier molecular flexibility index (Phi) is 15.6. The van der Waals surface area contributed by atoms with Crippen LogP contribution in [0.15, 0.2) is 130 Å². The van der Waals surface area contributed by atoms with Crippen LogP contribution in [0.5, 0.6) is 0 Å². The van der Waals surface area contributed by atoms with E-state index in [1.165, 1.54) is 52.9 Å². The van der Waals surface area contributed by atoms with E-state index >= 15 is 0 Å². The van der Waals surface area contributed by atoms with Gasteiger partial charge in [0.15, 0.2) is 0 Å². The van der Waals surface area contributed by atoms with E-state index in [1.54, 1.807) is 0 Å². The summed E-state index contributed by atoms with van der Waals surface area (Å²) in [5, 5.41) is 0. The number of rotatable bonds is 12. The quantitative estimate of drug-likeness (QED) is 0.120. The molecule has 3 atom stereocenters. The molecular formula is C44H60O4. The molecule has 0 aromatic carbocycles. The summed E-state index contributed by atoms with van der Waals surface area (Å²) in [5.74, 6) is -0.130. The number of allylic oxidation sites excluding steroid dienone is 20. The number of ether oxygens (including phenoxy) is 2. The minimum absolute atomic E-state index is 0.0110. The molecule has 3 unspecified atom stereocenters. The van der Waals surface area contributed by atoms with Crippen molar-refractivity contribution < 1.29 is 19.1 Å². The Hall–Kier alpha value is -3.92. The molecule has 0 radical (unpaired) electrons. The van der Waals surface area contributed by atoms with Gasteiger partial charge in [-0.3, -0.25) is 9.59 Å². The van der Waals surface area contributed by atoms with Crippen molar-refractivity contribution in [2.45, 2.75) is 115 Å². The molecule has 2 aliphatic rings. The zero-order chi connectivity index (χ0) is 36.1. The first kappa shape index (κ1) is 40.3. The van der Waals surface area contributed by atoms with Crippen LogP contribution in [0.2, 0.25) is 0 Å². The van der Waals surface area contributed by atoms with Gasteiger partial charge < -0.3 is 9.47 Å². The number of esters is 2. The van der Waals surface area contributed by atoms with Crippen molar-refractivity contribution in [2.75, 3.05) is 0 Å². The first-order chi connectivity index (χ1) is 22.4. The highest BCUT2D eigenvalue weighted by molar-refractivity contribution is 5.66. The summed E-state index contributed by atoms with van der Waals surface area (Å²) in [5.41, 5.74) is 8.53. The molecule has 0 aromatic rings. The Morgan fingerprint density at radius 3 is 1.69 bits per heavy atom. The fourth-order valence-electron chi connectivity index (χ4n) is 6.69.